The predicted octanol–water partition coefficient (Wildman–Crippen LogP) is 2.95. The Morgan fingerprint density at radius 1 is 1.25 bits per heavy atom. The topological polar surface area (TPSA) is 83.9 Å². The Kier molecular flexibility index (Phi) is 5.26. The van der Waals surface area contributed by atoms with E-state index in [1.807, 2.05) is 25.1 Å². The van der Waals surface area contributed by atoms with Gasteiger partial charge in [0.1, 0.15) is 0 Å². The van der Waals surface area contributed by atoms with Gasteiger partial charge in [0.25, 0.3) is 11.1 Å². The number of hydrogen-bond donors (Lipinski definition) is 1. The smallest absolute Gasteiger partial charge is 0.275 e. The van der Waals surface area contributed by atoms with Crippen molar-refractivity contribution in [2.75, 3.05) is 19.6 Å². The van der Waals surface area contributed by atoms with Gasteiger partial charge in [-0.25, -0.2) is 9.78 Å². The molecule has 0 radical (unpaired) electrons. The van der Waals surface area contributed by atoms with Crippen LogP contribution in [0.25, 0.3) is 16.8 Å². The largest absolute Gasteiger partial charge is 0.298 e. The first kappa shape index (κ1) is 21.1. The maximum absolute atomic E-state index is 12.5. The van der Waals surface area contributed by atoms with Crippen molar-refractivity contribution >= 4 is 28.4 Å². The third kappa shape index (κ3) is 3.69. The van der Waals surface area contributed by atoms with Crippen molar-refractivity contribution < 1.29 is 0 Å². The van der Waals surface area contributed by atoms with Crippen LogP contribution in [0.4, 0.5) is 0 Å². The average molecular weight is 452 g/mol. The number of benzene rings is 1. The fourth-order valence-electron chi connectivity index (χ4n) is 5.42. The molecule has 32 heavy (non-hydrogen) atoms. The predicted molar refractivity (Wildman–Crippen MR) is 126 cm³/mol. The molecule has 1 aliphatic carbocycles. The van der Waals surface area contributed by atoms with E-state index in [4.69, 9.17) is 11.6 Å². The molecule has 0 unspecified atom stereocenters. The number of halogens is 1. The minimum atomic E-state index is -0.145. The van der Waals surface area contributed by atoms with Gasteiger partial charge in [-0.3, -0.25) is 14.5 Å². The van der Waals surface area contributed by atoms with Crippen LogP contribution >= 0.6 is 11.6 Å². The number of aryl methyl sites for hydroxylation is 1. The van der Waals surface area contributed by atoms with Crippen LogP contribution in [0.3, 0.4) is 0 Å². The van der Waals surface area contributed by atoms with Gasteiger partial charge >= 0.3 is 0 Å². The van der Waals surface area contributed by atoms with E-state index < -0.39 is 0 Å². The minimum absolute atomic E-state index is 0.139. The molecule has 1 aromatic carbocycles. The summed E-state index contributed by atoms with van der Waals surface area (Å²) in [5.41, 5.74) is 2.88. The molecule has 0 atom stereocenters. The van der Waals surface area contributed by atoms with E-state index in [9.17, 15) is 9.59 Å². The van der Waals surface area contributed by atoms with Crippen LogP contribution in [-0.2, 0) is 13.5 Å². The standard InChI is InChI=1S/C24H26ClN5O2/c1-15-18(11-26-28-22(15)31)4-3-7-30-13-24(14-30)9-16(10-24)8-17-5-6-20(25)21-19(17)12-27-29(2)23(21)32/h3-6,11-12,16H,7-10,13-14H2,1-2H3,(H,28,31)/b4-3+. The average Bonchev–Trinajstić information content (AvgIpc) is 2.71. The van der Waals surface area contributed by atoms with E-state index in [0.29, 0.717) is 27.3 Å². The molecule has 7 nitrogen and oxygen atoms in total. The van der Waals surface area contributed by atoms with E-state index in [-0.39, 0.29) is 11.1 Å². The molecule has 1 saturated carbocycles. The molecule has 0 amide bonds. The van der Waals surface area contributed by atoms with Gasteiger partial charge in [-0.1, -0.05) is 29.8 Å². The van der Waals surface area contributed by atoms with Crippen molar-refractivity contribution in [1.29, 1.82) is 0 Å². The SMILES string of the molecule is Cc1c(/C=C/CN2CC3(CC(Cc4ccc(Cl)c5c(=O)n(C)ncc45)C3)C2)cn[nH]c1=O. The van der Waals surface area contributed by atoms with Gasteiger partial charge in [0, 0.05) is 43.2 Å². The second-order valence-electron chi connectivity index (χ2n) is 9.40. The molecule has 2 fully saturated rings. The van der Waals surface area contributed by atoms with E-state index in [1.54, 1.807) is 19.4 Å². The lowest BCUT2D eigenvalue weighted by molar-refractivity contribution is -0.0881. The van der Waals surface area contributed by atoms with Crippen LogP contribution in [0.2, 0.25) is 5.02 Å². The molecule has 1 N–H and O–H groups in total. The fraction of sp³-hybridized carbons (Fsp3) is 0.417. The molecule has 1 saturated heterocycles. The van der Waals surface area contributed by atoms with E-state index in [2.05, 4.69) is 26.3 Å². The number of rotatable bonds is 5. The van der Waals surface area contributed by atoms with E-state index in [1.165, 1.54) is 17.5 Å². The van der Waals surface area contributed by atoms with Crippen molar-refractivity contribution in [3.63, 3.8) is 0 Å². The molecule has 5 rings (SSSR count). The van der Waals surface area contributed by atoms with Crippen molar-refractivity contribution in [2.24, 2.45) is 18.4 Å². The van der Waals surface area contributed by atoms with Crippen LogP contribution < -0.4 is 11.1 Å². The van der Waals surface area contributed by atoms with Crippen LogP contribution in [0.5, 0.6) is 0 Å². The zero-order chi connectivity index (χ0) is 22.5. The Morgan fingerprint density at radius 3 is 2.81 bits per heavy atom. The molecule has 2 aliphatic rings. The summed E-state index contributed by atoms with van der Waals surface area (Å²) in [7, 11) is 1.65. The Labute approximate surface area is 190 Å². The Morgan fingerprint density at radius 2 is 2.03 bits per heavy atom. The highest BCUT2D eigenvalue weighted by Gasteiger charge is 2.51. The summed E-state index contributed by atoms with van der Waals surface area (Å²) < 4.78 is 1.33. The lowest BCUT2D eigenvalue weighted by Gasteiger charge is -2.59. The van der Waals surface area contributed by atoms with Crippen molar-refractivity contribution in [2.45, 2.75) is 26.2 Å². The third-order valence-electron chi connectivity index (χ3n) is 7.03. The number of fused-ring (bicyclic) bond motifs is 1. The number of nitrogens with zero attached hydrogens (tertiary/aromatic N) is 4. The van der Waals surface area contributed by atoms with Crippen LogP contribution in [-0.4, -0.2) is 44.5 Å². The third-order valence-corrected chi connectivity index (χ3v) is 7.34. The number of likely N-dealkylation sites (tertiary alicyclic amines) is 1. The first-order valence-corrected chi connectivity index (χ1v) is 11.3. The second kappa shape index (κ2) is 7.98. The first-order chi connectivity index (χ1) is 15.3. The van der Waals surface area contributed by atoms with Crippen LogP contribution in [0.15, 0.2) is 40.2 Å². The summed E-state index contributed by atoms with van der Waals surface area (Å²) in [6.45, 7) is 4.93. The van der Waals surface area contributed by atoms with E-state index in [0.717, 1.165) is 42.6 Å². The van der Waals surface area contributed by atoms with Gasteiger partial charge in [-0.2, -0.15) is 10.2 Å². The van der Waals surface area contributed by atoms with Crippen molar-refractivity contribution in [3.8, 4) is 0 Å². The van der Waals surface area contributed by atoms with Gasteiger partial charge in [-0.15, -0.1) is 0 Å². The molecule has 1 spiro atoms. The van der Waals surface area contributed by atoms with Crippen molar-refractivity contribution in [3.05, 3.63) is 73.0 Å². The van der Waals surface area contributed by atoms with E-state index >= 15 is 0 Å². The summed E-state index contributed by atoms with van der Waals surface area (Å²) in [6, 6.07) is 3.88. The summed E-state index contributed by atoms with van der Waals surface area (Å²) in [5, 5.41) is 12.5. The number of nitrogens with one attached hydrogen (secondary N) is 1. The molecule has 2 aromatic heterocycles. The Hall–Kier alpha value is -2.77. The summed E-state index contributed by atoms with van der Waals surface area (Å²) in [5.74, 6) is 0.630. The van der Waals surface area contributed by atoms with Gasteiger partial charge < -0.3 is 0 Å². The fourth-order valence-corrected chi connectivity index (χ4v) is 5.66. The summed E-state index contributed by atoms with van der Waals surface area (Å²) >= 11 is 6.31. The van der Waals surface area contributed by atoms with Gasteiger partial charge in [-0.05, 0) is 49.1 Å². The number of H-pyrrole nitrogens is 1. The molecular weight excluding hydrogens is 426 g/mol. The maximum atomic E-state index is 12.5. The Balaban J connectivity index is 1.17. The minimum Gasteiger partial charge on any atom is -0.298 e. The molecule has 3 heterocycles. The highest BCUT2D eigenvalue weighted by atomic mass is 35.5. The summed E-state index contributed by atoms with van der Waals surface area (Å²) in [4.78, 5) is 26.5. The number of aromatic amines is 1. The maximum Gasteiger partial charge on any atom is 0.275 e. The van der Waals surface area contributed by atoms with Gasteiger partial charge in [0.15, 0.2) is 0 Å². The van der Waals surface area contributed by atoms with Crippen LogP contribution in [0, 0.1) is 18.3 Å². The molecule has 166 valence electrons. The molecule has 3 aromatic rings. The van der Waals surface area contributed by atoms with Crippen LogP contribution in [0.1, 0.15) is 29.5 Å². The Bertz CT molecular complexity index is 1330. The molecule has 1 aliphatic heterocycles. The van der Waals surface area contributed by atoms with Gasteiger partial charge in [0.2, 0.25) is 0 Å². The molecular formula is C24H26ClN5O2. The lowest BCUT2D eigenvalue weighted by atomic mass is 9.56. The normalized spacial score (nSPS) is 18.3. The number of aromatic nitrogens is 4. The highest BCUT2D eigenvalue weighted by Crippen LogP contribution is 2.53. The molecule has 0 bridgehead atoms. The lowest BCUT2D eigenvalue weighted by Crippen LogP contribution is -2.62. The zero-order valence-electron chi connectivity index (χ0n) is 18.3. The highest BCUT2D eigenvalue weighted by molar-refractivity contribution is 6.35. The second-order valence-corrected chi connectivity index (χ2v) is 9.81. The first-order valence-electron chi connectivity index (χ1n) is 10.9. The monoisotopic (exact) mass is 451 g/mol. The summed E-state index contributed by atoms with van der Waals surface area (Å²) in [6.07, 6.45) is 10.9. The zero-order valence-corrected chi connectivity index (χ0v) is 19.0. The number of hydrogen-bond acceptors (Lipinski definition) is 5. The molecule has 8 heteroatoms. The van der Waals surface area contributed by atoms with Gasteiger partial charge in [0.05, 0.1) is 22.8 Å². The quantitative estimate of drug-likeness (QED) is 0.644. The van der Waals surface area contributed by atoms with Crippen molar-refractivity contribution in [1.82, 2.24) is 24.9 Å².